The molecule has 0 bridgehead atoms. The highest BCUT2D eigenvalue weighted by atomic mass is 32.2. The molecule has 1 saturated carbocycles. The summed E-state index contributed by atoms with van der Waals surface area (Å²) in [5, 5.41) is 14.2. The Morgan fingerprint density at radius 3 is 2.56 bits per heavy atom. The number of benzene rings is 1. The van der Waals surface area contributed by atoms with Crippen molar-refractivity contribution in [3.05, 3.63) is 28.3 Å². The van der Waals surface area contributed by atoms with Gasteiger partial charge in [0, 0.05) is 25.8 Å². The number of hydrogen-bond acceptors (Lipinski definition) is 6. The van der Waals surface area contributed by atoms with Crippen molar-refractivity contribution < 1.29 is 18.1 Å². The molecule has 9 heteroatoms. The number of nitrogens with one attached hydrogen (secondary N) is 2. The van der Waals surface area contributed by atoms with Crippen molar-refractivity contribution in [3.8, 4) is 0 Å². The summed E-state index contributed by atoms with van der Waals surface area (Å²) >= 11 is 0. The van der Waals surface area contributed by atoms with Gasteiger partial charge in [-0.1, -0.05) is 6.92 Å². The van der Waals surface area contributed by atoms with Crippen LogP contribution in [0.1, 0.15) is 32.6 Å². The Morgan fingerprint density at radius 2 is 1.96 bits per heavy atom. The van der Waals surface area contributed by atoms with Gasteiger partial charge in [-0.15, -0.1) is 0 Å². The number of nitrogens with zero attached hydrogens (tertiary/aromatic N) is 1. The molecule has 1 aromatic rings. The van der Waals surface area contributed by atoms with Crippen LogP contribution in [0.4, 0.5) is 11.4 Å². The van der Waals surface area contributed by atoms with Gasteiger partial charge in [-0.2, -0.15) is 0 Å². The molecular formula is C16H25N3O5S. The highest BCUT2D eigenvalue weighted by Crippen LogP contribution is 2.29. The molecule has 25 heavy (non-hydrogen) atoms. The summed E-state index contributed by atoms with van der Waals surface area (Å²) in [5.41, 5.74) is 0.00346. The Labute approximate surface area is 148 Å². The molecule has 0 aromatic heterocycles. The van der Waals surface area contributed by atoms with Gasteiger partial charge in [-0.3, -0.25) is 10.1 Å². The van der Waals surface area contributed by atoms with Gasteiger partial charge in [0.05, 0.1) is 16.4 Å². The maximum atomic E-state index is 12.6. The van der Waals surface area contributed by atoms with E-state index in [9.17, 15) is 18.5 Å². The fraction of sp³-hybridized carbons (Fsp3) is 0.625. The van der Waals surface area contributed by atoms with E-state index in [0.717, 1.165) is 31.7 Å². The van der Waals surface area contributed by atoms with Crippen LogP contribution in [0.25, 0.3) is 0 Å². The summed E-state index contributed by atoms with van der Waals surface area (Å²) in [7, 11) is -2.25. The summed E-state index contributed by atoms with van der Waals surface area (Å²) in [5.74, 6) is 0.610. The Kier molecular flexibility index (Phi) is 6.74. The standard InChI is InChI=1S/C16H25N3O5S/c1-12-3-5-13(6-4-12)18-25(22,23)14-7-8-15(17-9-10-24-2)16(11-14)19(20)21/h7-8,11-13,17-18H,3-6,9-10H2,1-2H3. The van der Waals surface area contributed by atoms with Crippen molar-refractivity contribution in [3.63, 3.8) is 0 Å². The van der Waals surface area contributed by atoms with E-state index in [4.69, 9.17) is 4.74 Å². The molecule has 8 nitrogen and oxygen atoms in total. The number of anilines is 1. The molecule has 1 fully saturated rings. The van der Waals surface area contributed by atoms with E-state index in [1.54, 1.807) is 0 Å². The first kappa shape index (κ1) is 19.6. The molecule has 0 amide bonds. The first-order valence-corrected chi connectivity index (χ1v) is 9.85. The normalized spacial score (nSPS) is 21.0. The van der Waals surface area contributed by atoms with Crippen LogP contribution in [-0.2, 0) is 14.8 Å². The van der Waals surface area contributed by atoms with Gasteiger partial charge < -0.3 is 10.1 Å². The Bertz CT molecular complexity index is 700. The number of sulfonamides is 1. The first-order valence-electron chi connectivity index (χ1n) is 8.37. The van der Waals surface area contributed by atoms with Gasteiger partial charge >= 0.3 is 0 Å². The van der Waals surface area contributed by atoms with E-state index in [1.165, 1.54) is 19.2 Å². The number of nitro benzene ring substituents is 1. The van der Waals surface area contributed by atoms with Crippen LogP contribution in [-0.4, -0.2) is 39.6 Å². The summed E-state index contributed by atoms with van der Waals surface area (Å²) in [4.78, 5) is 10.6. The Balaban J connectivity index is 2.16. The highest BCUT2D eigenvalue weighted by molar-refractivity contribution is 7.89. The quantitative estimate of drug-likeness (QED) is 0.413. The third kappa shape index (κ3) is 5.38. The third-order valence-corrected chi connectivity index (χ3v) is 5.95. The zero-order valence-corrected chi connectivity index (χ0v) is 15.3. The summed E-state index contributed by atoms with van der Waals surface area (Å²) in [6.07, 6.45) is 3.55. The molecule has 0 saturated heterocycles. The van der Waals surface area contributed by atoms with Gasteiger partial charge in [-0.05, 0) is 43.7 Å². The van der Waals surface area contributed by atoms with Gasteiger partial charge in [0.2, 0.25) is 10.0 Å². The second kappa shape index (κ2) is 8.59. The minimum Gasteiger partial charge on any atom is -0.383 e. The van der Waals surface area contributed by atoms with Crippen LogP contribution in [0.15, 0.2) is 23.1 Å². The van der Waals surface area contributed by atoms with E-state index >= 15 is 0 Å². The molecule has 1 aromatic carbocycles. The molecule has 2 rings (SSSR count). The van der Waals surface area contributed by atoms with E-state index in [1.807, 2.05) is 0 Å². The minimum absolute atomic E-state index is 0.0879. The number of hydrogen-bond donors (Lipinski definition) is 2. The van der Waals surface area contributed by atoms with Gasteiger partial charge in [0.15, 0.2) is 0 Å². The average Bonchev–Trinajstić information content (AvgIpc) is 2.57. The molecule has 1 aliphatic carbocycles. The molecule has 0 aliphatic heterocycles. The lowest BCUT2D eigenvalue weighted by atomic mass is 9.88. The van der Waals surface area contributed by atoms with E-state index in [-0.39, 0.29) is 22.3 Å². The molecular weight excluding hydrogens is 346 g/mol. The highest BCUT2D eigenvalue weighted by Gasteiger charge is 2.26. The van der Waals surface area contributed by atoms with Crippen molar-refractivity contribution in [1.29, 1.82) is 0 Å². The number of nitro groups is 1. The molecule has 0 radical (unpaired) electrons. The second-order valence-corrected chi connectivity index (χ2v) is 8.15. The smallest absolute Gasteiger partial charge is 0.293 e. The van der Waals surface area contributed by atoms with Crippen LogP contribution in [0, 0.1) is 16.0 Å². The lowest BCUT2D eigenvalue weighted by Crippen LogP contribution is -2.37. The molecule has 140 valence electrons. The zero-order valence-electron chi connectivity index (χ0n) is 14.5. The monoisotopic (exact) mass is 371 g/mol. The Morgan fingerprint density at radius 1 is 1.28 bits per heavy atom. The largest absolute Gasteiger partial charge is 0.383 e. The van der Waals surface area contributed by atoms with Gasteiger partial charge in [-0.25, -0.2) is 13.1 Å². The third-order valence-electron chi connectivity index (χ3n) is 4.44. The van der Waals surface area contributed by atoms with E-state index in [2.05, 4.69) is 17.0 Å². The Hall–Kier alpha value is -1.71. The molecule has 1 aliphatic rings. The number of rotatable bonds is 8. The van der Waals surface area contributed by atoms with Gasteiger partial charge in [0.25, 0.3) is 5.69 Å². The summed E-state index contributed by atoms with van der Waals surface area (Å²) < 4.78 is 32.7. The molecule has 0 heterocycles. The van der Waals surface area contributed by atoms with E-state index < -0.39 is 14.9 Å². The number of ether oxygens (including phenoxy) is 1. The van der Waals surface area contributed by atoms with Crippen LogP contribution < -0.4 is 10.0 Å². The predicted octanol–water partition coefficient (Wildman–Crippen LogP) is 2.51. The maximum absolute atomic E-state index is 12.6. The second-order valence-electron chi connectivity index (χ2n) is 6.43. The first-order chi connectivity index (χ1) is 11.8. The zero-order chi connectivity index (χ0) is 18.4. The molecule has 0 atom stereocenters. The topological polar surface area (TPSA) is 111 Å². The lowest BCUT2D eigenvalue weighted by Gasteiger charge is -2.26. The van der Waals surface area contributed by atoms with Crippen LogP contribution in [0.2, 0.25) is 0 Å². The SMILES string of the molecule is COCCNc1ccc(S(=O)(=O)NC2CCC(C)CC2)cc1[N+](=O)[O-]. The van der Waals surface area contributed by atoms with Gasteiger partial charge in [0.1, 0.15) is 5.69 Å². The maximum Gasteiger partial charge on any atom is 0.293 e. The van der Waals surface area contributed by atoms with Crippen molar-refractivity contribution in [1.82, 2.24) is 4.72 Å². The van der Waals surface area contributed by atoms with Crippen molar-refractivity contribution in [2.75, 3.05) is 25.6 Å². The minimum atomic E-state index is -3.78. The van der Waals surface area contributed by atoms with E-state index in [0.29, 0.717) is 19.1 Å². The van der Waals surface area contributed by atoms with Crippen molar-refractivity contribution in [2.45, 2.75) is 43.5 Å². The number of methoxy groups -OCH3 is 1. The fourth-order valence-corrected chi connectivity index (χ4v) is 4.26. The molecule has 0 unspecified atom stereocenters. The summed E-state index contributed by atoms with van der Waals surface area (Å²) in [6, 6.07) is 3.80. The average molecular weight is 371 g/mol. The van der Waals surface area contributed by atoms with Crippen LogP contribution in [0.5, 0.6) is 0 Å². The van der Waals surface area contributed by atoms with Crippen LogP contribution in [0.3, 0.4) is 0 Å². The van der Waals surface area contributed by atoms with Crippen molar-refractivity contribution in [2.24, 2.45) is 5.92 Å². The molecule has 2 N–H and O–H groups in total. The molecule has 0 spiro atoms. The predicted molar refractivity (Wildman–Crippen MR) is 95.2 cm³/mol. The lowest BCUT2D eigenvalue weighted by molar-refractivity contribution is -0.384. The van der Waals surface area contributed by atoms with Crippen molar-refractivity contribution >= 4 is 21.4 Å². The fourth-order valence-electron chi connectivity index (χ4n) is 2.93. The van der Waals surface area contributed by atoms with Crippen LogP contribution >= 0.6 is 0 Å². The summed E-state index contributed by atoms with van der Waals surface area (Å²) in [6.45, 7) is 2.93.